The third-order valence-electron chi connectivity index (χ3n) is 8.31. The number of nitriles is 1. The summed E-state index contributed by atoms with van der Waals surface area (Å²) in [6.07, 6.45) is 0. The Bertz CT molecular complexity index is 2390. The first-order chi connectivity index (χ1) is 23.7. The van der Waals surface area contributed by atoms with E-state index in [0.29, 0.717) is 11.4 Å². The number of para-hydroxylation sites is 2. The molecule has 5 nitrogen and oxygen atoms in total. The van der Waals surface area contributed by atoms with Crippen molar-refractivity contribution in [3.05, 3.63) is 169 Å². The van der Waals surface area contributed by atoms with Crippen molar-refractivity contribution in [1.29, 1.82) is 5.26 Å². The van der Waals surface area contributed by atoms with Crippen LogP contribution < -0.4 is 0 Å². The van der Waals surface area contributed by atoms with Gasteiger partial charge in [-0.1, -0.05) is 127 Å². The average Bonchev–Trinajstić information content (AvgIpc) is 3.18. The highest BCUT2D eigenvalue weighted by Crippen LogP contribution is 2.34. The Morgan fingerprint density at radius 1 is 0.354 bits per heavy atom. The molecule has 0 aliphatic rings. The minimum atomic E-state index is 0.583. The van der Waals surface area contributed by atoms with Gasteiger partial charge in [-0.2, -0.15) is 5.26 Å². The van der Waals surface area contributed by atoms with Gasteiger partial charge in [-0.3, -0.25) is 0 Å². The first kappa shape index (κ1) is 28.7. The quantitative estimate of drug-likeness (QED) is 0.187. The molecule has 0 saturated heterocycles. The van der Waals surface area contributed by atoms with Crippen molar-refractivity contribution >= 4 is 11.0 Å². The molecule has 2 heterocycles. The van der Waals surface area contributed by atoms with Crippen LogP contribution in [0.5, 0.6) is 0 Å². The van der Waals surface area contributed by atoms with Crippen LogP contribution in [-0.4, -0.2) is 19.9 Å². The predicted octanol–water partition coefficient (Wildman–Crippen LogP) is 10.3. The average molecular weight is 614 g/mol. The smallest absolute Gasteiger partial charge is 0.160 e. The van der Waals surface area contributed by atoms with Crippen molar-refractivity contribution in [2.24, 2.45) is 0 Å². The molecule has 0 aliphatic heterocycles. The standard InChI is InChI=1S/C43H27N5/c44-28-29-11-9-18-36(25-29)42-41(45-37-19-7-8-20-38(37)46-42)32-23-21-30(22-24-32)34-16-10-17-35(26-34)40-27-39(31-12-3-1-4-13-31)47-43(48-40)33-14-5-2-6-15-33/h1-27H. The van der Waals surface area contributed by atoms with E-state index in [1.807, 2.05) is 91.0 Å². The zero-order valence-corrected chi connectivity index (χ0v) is 25.8. The lowest BCUT2D eigenvalue weighted by Gasteiger charge is -2.12. The molecule has 0 saturated carbocycles. The predicted molar refractivity (Wildman–Crippen MR) is 192 cm³/mol. The van der Waals surface area contributed by atoms with Crippen molar-refractivity contribution < 1.29 is 0 Å². The van der Waals surface area contributed by atoms with Crippen molar-refractivity contribution in [2.75, 3.05) is 0 Å². The van der Waals surface area contributed by atoms with Crippen molar-refractivity contribution in [2.45, 2.75) is 0 Å². The maximum atomic E-state index is 9.54. The number of fused-ring (bicyclic) bond motifs is 1. The van der Waals surface area contributed by atoms with Gasteiger partial charge in [0.1, 0.15) is 0 Å². The SMILES string of the molecule is N#Cc1cccc(-c2nc3ccccc3nc2-c2ccc(-c3cccc(-c4cc(-c5ccccc5)nc(-c5ccccc5)n4)c3)cc2)c1. The largest absolute Gasteiger partial charge is 0.244 e. The Hall–Kier alpha value is -6.77. The number of rotatable bonds is 6. The number of hydrogen-bond acceptors (Lipinski definition) is 5. The van der Waals surface area contributed by atoms with E-state index < -0.39 is 0 Å². The van der Waals surface area contributed by atoms with Gasteiger partial charge in [0.2, 0.25) is 0 Å². The highest BCUT2D eigenvalue weighted by molar-refractivity contribution is 5.87. The molecule has 6 aromatic carbocycles. The minimum Gasteiger partial charge on any atom is -0.244 e. The maximum absolute atomic E-state index is 9.54. The van der Waals surface area contributed by atoms with Gasteiger partial charge in [0, 0.05) is 27.8 Å². The summed E-state index contributed by atoms with van der Waals surface area (Å²) in [6, 6.07) is 56.9. The van der Waals surface area contributed by atoms with E-state index in [1.165, 1.54) is 0 Å². The molecule has 48 heavy (non-hydrogen) atoms. The van der Waals surface area contributed by atoms with Crippen LogP contribution in [0.2, 0.25) is 0 Å². The van der Waals surface area contributed by atoms with Crippen molar-refractivity contribution in [3.63, 3.8) is 0 Å². The topological polar surface area (TPSA) is 75.3 Å². The molecule has 8 rings (SSSR count). The van der Waals surface area contributed by atoms with Gasteiger partial charge in [-0.25, -0.2) is 19.9 Å². The number of hydrogen-bond donors (Lipinski definition) is 0. The van der Waals surface area contributed by atoms with Crippen LogP contribution >= 0.6 is 0 Å². The number of benzene rings is 6. The Labute approximate surface area is 278 Å². The van der Waals surface area contributed by atoms with E-state index in [0.717, 1.165) is 72.8 Å². The zero-order chi connectivity index (χ0) is 32.3. The molecule has 0 spiro atoms. The van der Waals surface area contributed by atoms with Gasteiger partial charge in [0.05, 0.1) is 45.4 Å². The van der Waals surface area contributed by atoms with E-state index in [9.17, 15) is 5.26 Å². The lowest BCUT2D eigenvalue weighted by Crippen LogP contribution is -1.96. The monoisotopic (exact) mass is 613 g/mol. The molecule has 0 bridgehead atoms. The van der Waals surface area contributed by atoms with E-state index in [2.05, 4.69) is 72.8 Å². The van der Waals surface area contributed by atoms with Gasteiger partial charge in [-0.15, -0.1) is 0 Å². The van der Waals surface area contributed by atoms with Crippen molar-refractivity contribution in [3.8, 4) is 73.6 Å². The van der Waals surface area contributed by atoms with Crippen LogP contribution in [0.3, 0.4) is 0 Å². The Morgan fingerprint density at radius 3 is 1.56 bits per heavy atom. The van der Waals surface area contributed by atoms with Crippen LogP contribution in [0, 0.1) is 11.3 Å². The summed E-state index contributed by atoms with van der Waals surface area (Å²) in [5.41, 5.74) is 12.4. The fraction of sp³-hybridized carbons (Fsp3) is 0. The van der Waals surface area contributed by atoms with E-state index in [1.54, 1.807) is 6.07 Å². The van der Waals surface area contributed by atoms with Gasteiger partial charge < -0.3 is 0 Å². The third-order valence-corrected chi connectivity index (χ3v) is 8.31. The van der Waals surface area contributed by atoms with Gasteiger partial charge in [0.15, 0.2) is 5.82 Å². The Kier molecular flexibility index (Phi) is 7.50. The summed E-state index contributed by atoms with van der Waals surface area (Å²) in [6.45, 7) is 0. The summed E-state index contributed by atoms with van der Waals surface area (Å²) in [5.74, 6) is 0.689. The van der Waals surface area contributed by atoms with Crippen LogP contribution in [0.25, 0.3) is 78.6 Å². The Balaban J connectivity index is 1.19. The molecule has 0 unspecified atom stereocenters. The van der Waals surface area contributed by atoms with E-state index in [4.69, 9.17) is 19.9 Å². The maximum Gasteiger partial charge on any atom is 0.160 e. The summed E-state index contributed by atoms with van der Waals surface area (Å²) in [7, 11) is 0. The number of aromatic nitrogens is 4. The molecular formula is C43H27N5. The number of nitrogens with zero attached hydrogens (tertiary/aromatic N) is 5. The molecule has 0 radical (unpaired) electrons. The molecule has 0 N–H and O–H groups in total. The second-order valence-electron chi connectivity index (χ2n) is 11.5. The molecule has 8 aromatic rings. The van der Waals surface area contributed by atoms with E-state index >= 15 is 0 Å². The summed E-state index contributed by atoms with van der Waals surface area (Å²) in [4.78, 5) is 20.0. The fourth-order valence-electron chi connectivity index (χ4n) is 5.89. The third kappa shape index (κ3) is 5.71. The van der Waals surface area contributed by atoms with Crippen LogP contribution in [-0.2, 0) is 0 Å². The zero-order valence-electron chi connectivity index (χ0n) is 25.8. The minimum absolute atomic E-state index is 0.583. The summed E-state index contributed by atoms with van der Waals surface area (Å²) in [5, 5.41) is 9.54. The first-order valence-electron chi connectivity index (χ1n) is 15.7. The highest BCUT2D eigenvalue weighted by Gasteiger charge is 2.15. The molecule has 5 heteroatoms. The lowest BCUT2D eigenvalue weighted by molar-refractivity contribution is 1.18. The first-order valence-corrected chi connectivity index (χ1v) is 15.7. The van der Waals surface area contributed by atoms with Crippen LogP contribution in [0.15, 0.2) is 164 Å². The van der Waals surface area contributed by atoms with Crippen LogP contribution in [0.1, 0.15) is 5.56 Å². The molecule has 0 fully saturated rings. The van der Waals surface area contributed by atoms with Gasteiger partial charge in [0.25, 0.3) is 0 Å². The molecule has 0 amide bonds. The second-order valence-corrected chi connectivity index (χ2v) is 11.5. The highest BCUT2D eigenvalue weighted by atomic mass is 14.9. The molecule has 0 aliphatic carbocycles. The Morgan fingerprint density at radius 2 is 0.875 bits per heavy atom. The molecule has 224 valence electrons. The van der Waals surface area contributed by atoms with E-state index in [-0.39, 0.29) is 0 Å². The lowest BCUT2D eigenvalue weighted by atomic mass is 9.97. The summed E-state index contributed by atoms with van der Waals surface area (Å²) >= 11 is 0. The molecule has 2 aromatic heterocycles. The van der Waals surface area contributed by atoms with Crippen LogP contribution in [0.4, 0.5) is 0 Å². The van der Waals surface area contributed by atoms with Gasteiger partial charge in [-0.05, 0) is 47.5 Å². The second kappa shape index (κ2) is 12.6. The molecular weight excluding hydrogens is 587 g/mol. The van der Waals surface area contributed by atoms with Crippen molar-refractivity contribution in [1.82, 2.24) is 19.9 Å². The molecule has 0 atom stereocenters. The van der Waals surface area contributed by atoms with Gasteiger partial charge >= 0.3 is 0 Å². The normalized spacial score (nSPS) is 10.9. The summed E-state index contributed by atoms with van der Waals surface area (Å²) < 4.78 is 0. The fourth-order valence-corrected chi connectivity index (χ4v) is 5.89.